The SMILES string of the molecule is CCC1CCC(C2CC=C(c3cnc(-c4ccc(CN(CC(=O)O)C(=O)CNC(=O)Cc5ccc(OC)cc5C(F)(F)F)cc4)nc3)CC2)CC1. The average Bonchev–Trinajstić information content (AvgIpc) is 3.13. The first kappa shape index (κ1) is 37.5. The topological polar surface area (TPSA) is 122 Å². The summed E-state index contributed by atoms with van der Waals surface area (Å²) < 4.78 is 45.5. The van der Waals surface area contributed by atoms with Crippen molar-refractivity contribution in [2.45, 2.75) is 77.4 Å². The van der Waals surface area contributed by atoms with Crippen LogP contribution in [0.3, 0.4) is 0 Å². The quantitative estimate of drug-likeness (QED) is 0.191. The lowest BCUT2D eigenvalue weighted by molar-refractivity contribution is -0.144. The van der Waals surface area contributed by atoms with E-state index in [1.165, 1.54) is 57.3 Å². The number of carboxylic acids is 1. The number of nitrogens with zero attached hydrogens (tertiary/aromatic N) is 3. The van der Waals surface area contributed by atoms with E-state index in [1.807, 2.05) is 12.4 Å². The van der Waals surface area contributed by atoms with E-state index in [1.54, 1.807) is 24.3 Å². The number of aromatic nitrogens is 2. The molecule has 0 spiro atoms. The summed E-state index contributed by atoms with van der Waals surface area (Å²) in [6, 6.07) is 10.3. The van der Waals surface area contributed by atoms with Gasteiger partial charge in [0.25, 0.3) is 0 Å². The Morgan fingerprint density at radius 1 is 0.961 bits per heavy atom. The Hall–Kier alpha value is -4.74. The molecule has 0 radical (unpaired) electrons. The van der Waals surface area contributed by atoms with Gasteiger partial charge < -0.3 is 20.1 Å². The van der Waals surface area contributed by atoms with E-state index in [9.17, 15) is 32.7 Å². The molecule has 2 aliphatic carbocycles. The van der Waals surface area contributed by atoms with E-state index in [0.29, 0.717) is 11.4 Å². The second-order valence-electron chi connectivity index (χ2n) is 13.6. The smallest absolute Gasteiger partial charge is 0.416 e. The second-order valence-corrected chi connectivity index (χ2v) is 13.6. The van der Waals surface area contributed by atoms with Gasteiger partial charge in [-0.2, -0.15) is 13.2 Å². The maximum atomic E-state index is 13.5. The summed E-state index contributed by atoms with van der Waals surface area (Å²) in [5.74, 6) is 0.277. The number of hydrogen-bond donors (Lipinski definition) is 2. The number of halogens is 3. The van der Waals surface area contributed by atoms with Crippen molar-refractivity contribution in [2.24, 2.45) is 17.8 Å². The maximum Gasteiger partial charge on any atom is 0.416 e. The average molecular weight is 707 g/mol. The number of nitrogens with one attached hydrogen (secondary N) is 1. The van der Waals surface area contributed by atoms with Gasteiger partial charge in [0, 0.05) is 30.1 Å². The van der Waals surface area contributed by atoms with Crippen LogP contribution >= 0.6 is 0 Å². The Morgan fingerprint density at radius 3 is 2.25 bits per heavy atom. The molecule has 2 N–H and O–H groups in total. The van der Waals surface area contributed by atoms with Gasteiger partial charge in [-0.25, -0.2) is 9.97 Å². The van der Waals surface area contributed by atoms with Gasteiger partial charge in [0.15, 0.2) is 5.82 Å². The maximum absolute atomic E-state index is 13.5. The molecule has 1 atom stereocenters. The minimum Gasteiger partial charge on any atom is -0.497 e. The van der Waals surface area contributed by atoms with E-state index in [2.05, 4.69) is 28.3 Å². The second kappa shape index (κ2) is 17.0. The number of alkyl halides is 3. The molecule has 0 aliphatic heterocycles. The molecule has 1 aromatic heterocycles. The van der Waals surface area contributed by atoms with Crippen LogP contribution in [0, 0.1) is 17.8 Å². The van der Waals surface area contributed by atoms with E-state index in [4.69, 9.17) is 4.74 Å². The number of methoxy groups -OCH3 is 1. The van der Waals surface area contributed by atoms with Crippen LogP contribution in [0.15, 0.2) is 60.9 Å². The fourth-order valence-electron chi connectivity index (χ4n) is 7.25. The molecule has 2 aliphatic rings. The highest BCUT2D eigenvalue weighted by molar-refractivity contribution is 5.87. The zero-order chi connectivity index (χ0) is 36.5. The molecule has 1 fully saturated rings. The van der Waals surface area contributed by atoms with Crippen molar-refractivity contribution in [1.29, 1.82) is 0 Å². The molecule has 1 unspecified atom stereocenters. The van der Waals surface area contributed by atoms with E-state index >= 15 is 0 Å². The van der Waals surface area contributed by atoms with Gasteiger partial charge in [0.2, 0.25) is 11.8 Å². The minimum atomic E-state index is -4.72. The van der Waals surface area contributed by atoms with E-state index in [-0.39, 0.29) is 17.9 Å². The summed E-state index contributed by atoms with van der Waals surface area (Å²) in [5, 5.41) is 11.7. The van der Waals surface area contributed by atoms with Crippen molar-refractivity contribution in [3.63, 3.8) is 0 Å². The molecule has 0 saturated heterocycles. The third-order valence-corrected chi connectivity index (χ3v) is 10.3. The molecule has 5 rings (SSSR count). The van der Waals surface area contributed by atoms with Gasteiger partial charge in [0.05, 0.1) is 25.6 Å². The Labute approximate surface area is 296 Å². The lowest BCUT2D eigenvalue weighted by Gasteiger charge is -2.35. The number of carboxylic acid groups (broad SMARTS) is 1. The van der Waals surface area contributed by atoms with Crippen molar-refractivity contribution in [3.8, 4) is 17.1 Å². The van der Waals surface area contributed by atoms with Gasteiger partial charge >= 0.3 is 12.1 Å². The number of benzene rings is 2. The van der Waals surface area contributed by atoms with Crippen molar-refractivity contribution in [1.82, 2.24) is 20.2 Å². The third kappa shape index (κ3) is 10.2. The lowest BCUT2D eigenvalue weighted by atomic mass is 9.71. The van der Waals surface area contributed by atoms with Gasteiger partial charge in [-0.15, -0.1) is 0 Å². The summed E-state index contributed by atoms with van der Waals surface area (Å²) in [7, 11) is 1.23. The molecule has 12 heteroatoms. The van der Waals surface area contributed by atoms with Crippen LogP contribution in [0.5, 0.6) is 5.75 Å². The first-order valence-corrected chi connectivity index (χ1v) is 17.5. The predicted octanol–water partition coefficient (Wildman–Crippen LogP) is 7.34. The van der Waals surface area contributed by atoms with Crippen LogP contribution in [-0.2, 0) is 33.5 Å². The van der Waals surface area contributed by atoms with Crippen molar-refractivity contribution in [2.75, 3.05) is 20.2 Å². The number of carbonyl (C=O) groups excluding carboxylic acids is 2. The van der Waals surface area contributed by atoms with E-state index in [0.717, 1.165) is 58.8 Å². The Bertz CT molecular complexity index is 1700. The van der Waals surface area contributed by atoms with Gasteiger partial charge in [-0.05, 0) is 78.7 Å². The number of allylic oxidation sites excluding steroid dienone is 2. The van der Waals surface area contributed by atoms with Crippen LogP contribution in [0.2, 0.25) is 0 Å². The highest BCUT2D eigenvalue weighted by Gasteiger charge is 2.34. The molecule has 3 aromatic rings. The molecule has 272 valence electrons. The minimum absolute atomic E-state index is 0.00987. The van der Waals surface area contributed by atoms with Crippen LogP contribution in [0.4, 0.5) is 13.2 Å². The number of rotatable bonds is 13. The Kier molecular flexibility index (Phi) is 12.5. The van der Waals surface area contributed by atoms with Crippen LogP contribution in [0.1, 0.15) is 80.5 Å². The summed E-state index contributed by atoms with van der Waals surface area (Å²) in [4.78, 5) is 47.3. The Morgan fingerprint density at radius 2 is 1.67 bits per heavy atom. The van der Waals surface area contributed by atoms with E-state index < -0.39 is 49.0 Å². The normalized spacial score (nSPS) is 19.2. The van der Waals surface area contributed by atoms with Crippen LogP contribution in [-0.4, -0.2) is 58.0 Å². The van der Waals surface area contributed by atoms with Crippen LogP contribution < -0.4 is 10.1 Å². The highest BCUT2D eigenvalue weighted by Crippen LogP contribution is 2.42. The molecule has 2 aromatic carbocycles. The summed E-state index contributed by atoms with van der Waals surface area (Å²) in [5.41, 5.74) is 2.41. The monoisotopic (exact) mass is 706 g/mol. The highest BCUT2D eigenvalue weighted by atomic mass is 19.4. The van der Waals surface area contributed by atoms with Crippen LogP contribution in [0.25, 0.3) is 17.0 Å². The Balaban J connectivity index is 1.15. The largest absolute Gasteiger partial charge is 0.497 e. The molecular weight excluding hydrogens is 661 g/mol. The standard InChI is InChI=1S/C39H45F3N4O5/c1-3-25-4-8-27(9-5-25)28-12-14-29(15-13-28)32-20-44-38(45-21-32)30-10-6-26(7-11-30)23-46(24-37(49)50)36(48)22-43-35(47)18-31-16-17-33(51-2)19-34(31)39(40,41)42/h6-7,10-11,14,16-17,19-21,25,27-28H,3-5,8-9,12-13,15,18,22-24H2,1-2H3,(H,43,47)(H,49,50). The van der Waals surface area contributed by atoms with Crippen molar-refractivity contribution >= 4 is 23.4 Å². The van der Waals surface area contributed by atoms with Gasteiger partial charge in [-0.3, -0.25) is 14.4 Å². The van der Waals surface area contributed by atoms with Gasteiger partial charge in [-0.1, -0.05) is 62.6 Å². The third-order valence-electron chi connectivity index (χ3n) is 10.3. The first-order chi connectivity index (χ1) is 24.4. The zero-order valence-electron chi connectivity index (χ0n) is 29.0. The molecule has 9 nitrogen and oxygen atoms in total. The molecule has 1 saturated carbocycles. The molecule has 1 heterocycles. The number of amides is 2. The molecule has 2 amide bonds. The summed E-state index contributed by atoms with van der Waals surface area (Å²) in [6.07, 6.45) is 10.8. The van der Waals surface area contributed by atoms with Gasteiger partial charge in [0.1, 0.15) is 12.3 Å². The number of carbonyl (C=O) groups is 3. The number of hydrogen-bond acceptors (Lipinski definition) is 6. The number of ether oxygens (including phenoxy) is 1. The number of aliphatic carboxylic acids is 1. The predicted molar refractivity (Wildman–Crippen MR) is 186 cm³/mol. The molecule has 0 bridgehead atoms. The molecule has 51 heavy (non-hydrogen) atoms. The summed E-state index contributed by atoms with van der Waals surface area (Å²) in [6.45, 7) is 1.03. The first-order valence-electron chi connectivity index (χ1n) is 17.5. The zero-order valence-corrected chi connectivity index (χ0v) is 29.0. The fourth-order valence-corrected chi connectivity index (χ4v) is 7.25. The molecular formula is C39H45F3N4O5. The van der Waals surface area contributed by atoms with Crippen molar-refractivity contribution in [3.05, 3.63) is 83.2 Å². The lowest BCUT2D eigenvalue weighted by Crippen LogP contribution is -2.42. The summed E-state index contributed by atoms with van der Waals surface area (Å²) >= 11 is 0. The fraction of sp³-hybridized carbons (Fsp3) is 0.462. The van der Waals surface area contributed by atoms with Crippen molar-refractivity contribution < 1.29 is 37.4 Å².